The fourth-order valence-electron chi connectivity index (χ4n) is 5.36. The lowest BCUT2D eigenvalue weighted by atomic mass is 9.72. The first-order chi connectivity index (χ1) is 17.0. The number of benzene rings is 2. The van der Waals surface area contributed by atoms with Gasteiger partial charge in [0.15, 0.2) is 17.3 Å². The lowest BCUT2D eigenvalue weighted by molar-refractivity contribution is -0.117. The van der Waals surface area contributed by atoms with Crippen LogP contribution in [0.1, 0.15) is 35.8 Å². The van der Waals surface area contributed by atoms with Gasteiger partial charge < -0.3 is 20.3 Å². The summed E-state index contributed by atoms with van der Waals surface area (Å²) in [5.41, 5.74) is 10.2. The van der Waals surface area contributed by atoms with E-state index in [9.17, 15) is 15.2 Å². The Hall–Kier alpha value is -3.80. The van der Waals surface area contributed by atoms with Crippen LogP contribution in [0.25, 0.3) is 0 Å². The smallest absolute Gasteiger partial charge is 0.162 e. The maximum atomic E-state index is 13.8. The summed E-state index contributed by atoms with van der Waals surface area (Å²) in [6, 6.07) is 17.2. The number of phenols is 1. The molecule has 2 heterocycles. The predicted molar refractivity (Wildman–Crippen MR) is 129 cm³/mol. The Morgan fingerprint density at radius 3 is 2.54 bits per heavy atom. The molecule has 2 unspecified atom stereocenters. The van der Waals surface area contributed by atoms with Crippen LogP contribution in [0.4, 0.5) is 0 Å². The van der Waals surface area contributed by atoms with Gasteiger partial charge in [-0.3, -0.25) is 9.80 Å². The number of hydrazine groups is 1. The molecule has 35 heavy (non-hydrogen) atoms. The van der Waals surface area contributed by atoms with Crippen molar-refractivity contribution in [1.29, 1.82) is 5.26 Å². The quantitative estimate of drug-likeness (QED) is 0.698. The van der Waals surface area contributed by atoms with Crippen molar-refractivity contribution < 1.29 is 19.4 Å². The zero-order chi connectivity index (χ0) is 24.5. The summed E-state index contributed by atoms with van der Waals surface area (Å²) in [6.07, 6.45) is 0.970. The molecule has 180 valence electrons. The number of hydrogen-bond acceptors (Lipinski definition) is 8. The molecule has 8 heteroatoms. The van der Waals surface area contributed by atoms with Crippen LogP contribution in [0.15, 0.2) is 71.2 Å². The Morgan fingerprint density at radius 1 is 1.11 bits per heavy atom. The number of ketones is 1. The zero-order valence-electron chi connectivity index (χ0n) is 19.6. The highest BCUT2D eigenvalue weighted by Gasteiger charge is 2.44. The Bertz CT molecular complexity index is 1240. The Kier molecular flexibility index (Phi) is 6.20. The van der Waals surface area contributed by atoms with E-state index in [-0.39, 0.29) is 23.2 Å². The maximum absolute atomic E-state index is 13.8. The molecule has 2 aromatic rings. The minimum atomic E-state index is -0.633. The van der Waals surface area contributed by atoms with E-state index in [1.54, 1.807) is 12.1 Å². The third-order valence-electron chi connectivity index (χ3n) is 7.02. The molecule has 2 aromatic carbocycles. The maximum Gasteiger partial charge on any atom is 0.162 e. The number of rotatable bonds is 4. The van der Waals surface area contributed by atoms with Gasteiger partial charge in [0.05, 0.1) is 37.9 Å². The molecule has 1 saturated heterocycles. The molecule has 0 saturated carbocycles. The highest BCUT2D eigenvalue weighted by Crippen LogP contribution is 2.49. The monoisotopic (exact) mass is 472 g/mol. The average molecular weight is 473 g/mol. The van der Waals surface area contributed by atoms with E-state index in [0.29, 0.717) is 61.7 Å². The summed E-state index contributed by atoms with van der Waals surface area (Å²) in [5, 5.41) is 24.3. The van der Waals surface area contributed by atoms with Crippen molar-refractivity contribution in [2.45, 2.75) is 24.7 Å². The van der Waals surface area contributed by atoms with Gasteiger partial charge in [0.25, 0.3) is 0 Å². The van der Waals surface area contributed by atoms with Crippen LogP contribution < -0.4 is 10.5 Å². The molecule has 2 atom stereocenters. The van der Waals surface area contributed by atoms with Gasteiger partial charge in [-0.15, -0.1) is 0 Å². The molecule has 0 bridgehead atoms. The van der Waals surface area contributed by atoms with E-state index in [1.807, 2.05) is 35.3 Å². The van der Waals surface area contributed by atoms with Gasteiger partial charge in [-0.1, -0.05) is 36.4 Å². The fourth-order valence-corrected chi connectivity index (χ4v) is 5.36. The van der Waals surface area contributed by atoms with Crippen molar-refractivity contribution in [2.75, 3.05) is 33.4 Å². The molecular formula is C27H28N4O4. The molecule has 3 aliphatic rings. The number of allylic oxidation sites excluding steroid dienone is 3. The number of carbonyl (C=O) groups excluding carboxylic acids is 1. The van der Waals surface area contributed by atoms with Gasteiger partial charge in [-0.25, -0.2) is 5.01 Å². The molecule has 0 spiro atoms. The molecular weight excluding hydrogens is 444 g/mol. The van der Waals surface area contributed by atoms with Crippen molar-refractivity contribution in [1.82, 2.24) is 10.0 Å². The number of ether oxygens (including phenoxy) is 2. The average Bonchev–Trinajstić information content (AvgIpc) is 2.89. The largest absolute Gasteiger partial charge is 0.504 e. The van der Waals surface area contributed by atoms with Crippen LogP contribution in [0, 0.1) is 11.3 Å². The minimum absolute atomic E-state index is 0.00402. The van der Waals surface area contributed by atoms with E-state index in [4.69, 9.17) is 15.2 Å². The van der Waals surface area contributed by atoms with Crippen LogP contribution in [-0.4, -0.2) is 54.3 Å². The van der Waals surface area contributed by atoms with Crippen molar-refractivity contribution >= 4 is 5.78 Å². The number of Topliss-reactive ketones (excluding diaryl/α,β-unsaturated/α-hetero) is 1. The van der Waals surface area contributed by atoms with Gasteiger partial charge in [-0.05, 0) is 35.6 Å². The first kappa shape index (κ1) is 23.0. The number of phenolic OH excluding ortho intramolecular Hbond substituents is 1. The van der Waals surface area contributed by atoms with Crippen molar-refractivity contribution in [3.63, 3.8) is 0 Å². The van der Waals surface area contributed by atoms with E-state index in [2.05, 4.69) is 11.1 Å². The second-order valence-corrected chi connectivity index (χ2v) is 8.95. The van der Waals surface area contributed by atoms with Crippen LogP contribution in [0.2, 0.25) is 0 Å². The highest BCUT2D eigenvalue weighted by molar-refractivity contribution is 6.00. The van der Waals surface area contributed by atoms with Gasteiger partial charge in [0.1, 0.15) is 5.82 Å². The van der Waals surface area contributed by atoms with Crippen molar-refractivity contribution in [2.24, 2.45) is 5.73 Å². The van der Waals surface area contributed by atoms with E-state index in [1.165, 1.54) is 13.2 Å². The van der Waals surface area contributed by atoms with Crippen molar-refractivity contribution in [3.05, 3.63) is 82.3 Å². The lowest BCUT2D eigenvalue weighted by Gasteiger charge is -2.47. The normalized spacial score (nSPS) is 23.2. The molecule has 5 rings (SSSR count). The minimum Gasteiger partial charge on any atom is -0.504 e. The highest BCUT2D eigenvalue weighted by atomic mass is 16.5. The molecule has 8 nitrogen and oxygen atoms in total. The summed E-state index contributed by atoms with van der Waals surface area (Å²) in [6.45, 7) is 2.31. The molecule has 3 N–H and O–H groups in total. The van der Waals surface area contributed by atoms with E-state index >= 15 is 0 Å². The topological polar surface area (TPSA) is 112 Å². The molecule has 1 aliphatic carbocycles. The summed E-state index contributed by atoms with van der Waals surface area (Å²) in [5.74, 6) is -0.0295. The predicted octanol–water partition coefficient (Wildman–Crippen LogP) is 3.14. The Labute approximate surface area is 204 Å². The number of hydrogen-bond donors (Lipinski definition) is 2. The van der Waals surface area contributed by atoms with Crippen LogP contribution in [0.3, 0.4) is 0 Å². The number of carbonyl (C=O) groups is 1. The number of nitriles is 1. The van der Waals surface area contributed by atoms with Crippen LogP contribution >= 0.6 is 0 Å². The first-order valence-corrected chi connectivity index (χ1v) is 11.7. The summed E-state index contributed by atoms with van der Waals surface area (Å²) >= 11 is 0. The third kappa shape index (κ3) is 4.03. The van der Waals surface area contributed by atoms with E-state index < -0.39 is 5.92 Å². The first-order valence-electron chi connectivity index (χ1n) is 11.7. The number of nitrogens with two attached hydrogens (primary N) is 1. The Balaban J connectivity index is 1.68. The van der Waals surface area contributed by atoms with Gasteiger partial charge in [0.2, 0.25) is 0 Å². The van der Waals surface area contributed by atoms with E-state index in [0.717, 1.165) is 11.3 Å². The lowest BCUT2D eigenvalue weighted by Crippen LogP contribution is -2.52. The SMILES string of the molecule is COc1cc(C2C(C#N)=C(N)N(N3CCOCC3)C3=C2C(=O)CC(c2ccccc2)C3)ccc1O. The molecule has 1 fully saturated rings. The zero-order valence-corrected chi connectivity index (χ0v) is 19.6. The number of methoxy groups -OCH3 is 1. The molecule has 0 aromatic heterocycles. The van der Waals surface area contributed by atoms with Gasteiger partial charge in [-0.2, -0.15) is 5.26 Å². The summed E-state index contributed by atoms with van der Waals surface area (Å²) in [7, 11) is 1.47. The Morgan fingerprint density at radius 2 is 1.86 bits per heavy atom. The molecule has 0 radical (unpaired) electrons. The molecule has 2 aliphatic heterocycles. The number of nitrogens with zero attached hydrogens (tertiary/aromatic N) is 3. The number of morpholine rings is 1. The standard InChI is InChI=1S/C27H28N4O4/c1-34-24-15-18(7-8-22(24)32)25-20(16-28)27(29)31(30-9-11-35-12-10-30)21-13-19(14-23(33)26(21)25)17-5-3-2-4-6-17/h2-8,15,19,25,32H,9-14,29H2,1H3. The second-order valence-electron chi connectivity index (χ2n) is 8.95. The second kappa shape index (κ2) is 9.45. The third-order valence-corrected chi connectivity index (χ3v) is 7.02. The summed E-state index contributed by atoms with van der Waals surface area (Å²) in [4.78, 5) is 13.8. The van der Waals surface area contributed by atoms with Crippen LogP contribution in [-0.2, 0) is 9.53 Å². The number of aromatic hydroxyl groups is 1. The molecule has 0 amide bonds. The van der Waals surface area contributed by atoms with Gasteiger partial charge in [0, 0.05) is 30.8 Å². The van der Waals surface area contributed by atoms with Crippen LogP contribution in [0.5, 0.6) is 11.5 Å². The fraction of sp³-hybridized carbons (Fsp3) is 0.333. The summed E-state index contributed by atoms with van der Waals surface area (Å²) < 4.78 is 10.9. The van der Waals surface area contributed by atoms with Gasteiger partial charge >= 0.3 is 0 Å². The van der Waals surface area contributed by atoms with Crippen molar-refractivity contribution in [3.8, 4) is 17.6 Å².